The molecule has 0 saturated heterocycles. The third kappa shape index (κ3) is 3.48. The van der Waals surface area contributed by atoms with E-state index in [4.69, 9.17) is 9.97 Å². The Hall–Kier alpha value is -5.80. The molecule has 1 aliphatic carbocycles. The van der Waals surface area contributed by atoms with Gasteiger partial charge in [0.2, 0.25) is 0 Å². The van der Waals surface area contributed by atoms with Gasteiger partial charge >= 0.3 is 0 Å². The molecule has 5 aromatic carbocycles. The van der Waals surface area contributed by atoms with Crippen LogP contribution in [0.3, 0.4) is 0 Å². The zero-order valence-electron chi connectivity index (χ0n) is 25.5. The maximum Gasteiger partial charge on any atom is 0.0933 e. The fraction of sp³-hybridized carbons (Fsp3) is 0.0698. The molecule has 0 saturated carbocycles. The van der Waals surface area contributed by atoms with Crippen molar-refractivity contribution in [3.63, 3.8) is 0 Å². The Bertz CT molecular complexity index is 2100. The largest absolute Gasteiger partial charge is 0.310 e. The van der Waals surface area contributed by atoms with E-state index in [1.54, 1.807) is 0 Å². The number of nitrogens with zero attached hydrogens (tertiary/aromatic N) is 3. The van der Waals surface area contributed by atoms with Crippen LogP contribution < -0.4 is 4.90 Å². The minimum absolute atomic E-state index is 0.457. The van der Waals surface area contributed by atoms with Crippen LogP contribution in [0.25, 0.3) is 11.4 Å². The van der Waals surface area contributed by atoms with Crippen molar-refractivity contribution < 1.29 is 0 Å². The molecule has 0 unspecified atom stereocenters. The lowest BCUT2D eigenvalue weighted by atomic mass is 9.62. The van der Waals surface area contributed by atoms with Gasteiger partial charge < -0.3 is 4.90 Å². The van der Waals surface area contributed by atoms with Gasteiger partial charge in [-0.05, 0) is 76.2 Å². The molecule has 46 heavy (non-hydrogen) atoms. The van der Waals surface area contributed by atoms with Gasteiger partial charge in [-0.3, -0.25) is 9.97 Å². The predicted molar refractivity (Wildman–Crippen MR) is 186 cm³/mol. The Kier molecular flexibility index (Phi) is 5.85. The molecule has 2 aliphatic rings. The summed E-state index contributed by atoms with van der Waals surface area (Å²) < 4.78 is 0. The number of para-hydroxylation sites is 3. The third-order valence-electron chi connectivity index (χ3n) is 10.1. The minimum atomic E-state index is -0.508. The Morgan fingerprint density at radius 2 is 0.761 bits per heavy atom. The molecule has 3 heteroatoms. The Morgan fingerprint density at radius 3 is 1.24 bits per heavy atom. The summed E-state index contributed by atoms with van der Waals surface area (Å²) in [7, 11) is 0. The molecule has 3 nitrogen and oxygen atoms in total. The average molecular weight is 590 g/mol. The van der Waals surface area contributed by atoms with Crippen LogP contribution in [0.1, 0.15) is 45.9 Å². The van der Waals surface area contributed by atoms with Gasteiger partial charge in [0.05, 0.1) is 33.9 Å². The lowest BCUT2D eigenvalue weighted by molar-refractivity contribution is 0.705. The zero-order valence-corrected chi connectivity index (χ0v) is 25.5. The lowest BCUT2D eigenvalue weighted by Crippen LogP contribution is -2.38. The second-order valence-corrected chi connectivity index (χ2v) is 12.3. The zero-order chi connectivity index (χ0) is 30.7. The number of aromatic nitrogens is 2. The summed E-state index contributed by atoms with van der Waals surface area (Å²) in [6.45, 7) is 2.33. The van der Waals surface area contributed by atoms with Crippen molar-refractivity contribution >= 4 is 17.1 Å². The molecule has 218 valence electrons. The number of rotatable bonds is 4. The van der Waals surface area contributed by atoms with Gasteiger partial charge in [-0.2, -0.15) is 0 Å². The van der Waals surface area contributed by atoms with E-state index in [-0.39, 0.29) is 0 Å². The Balaban J connectivity index is 1.37. The number of anilines is 3. The van der Waals surface area contributed by atoms with Gasteiger partial charge in [0, 0.05) is 17.8 Å². The van der Waals surface area contributed by atoms with Gasteiger partial charge in [0.15, 0.2) is 0 Å². The highest BCUT2D eigenvalue weighted by molar-refractivity contribution is 5.92. The van der Waals surface area contributed by atoms with E-state index < -0.39 is 10.8 Å². The summed E-state index contributed by atoms with van der Waals surface area (Å²) in [6.07, 6.45) is 3.75. The Morgan fingerprint density at radius 1 is 0.391 bits per heavy atom. The fourth-order valence-corrected chi connectivity index (χ4v) is 8.19. The molecule has 0 N–H and O–H groups in total. The summed E-state index contributed by atoms with van der Waals surface area (Å²) >= 11 is 0. The molecule has 0 amide bonds. The van der Waals surface area contributed by atoms with Crippen molar-refractivity contribution in [2.75, 3.05) is 4.90 Å². The molecule has 0 radical (unpaired) electrons. The van der Waals surface area contributed by atoms with Crippen LogP contribution in [0.15, 0.2) is 170 Å². The van der Waals surface area contributed by atoms with Gasteiger partial charge in [-0.25, -0.2) is 0 Å². The predicted octanol–water partition coefficient (Wildman–Crippen LogP) is 9.98. The SMILES string of the molecule is CC1(c2ccccc2N2c3ccccc3C(c3ccccc3)(c3ccccc3)c3ccccc32)c2cccnc2-c2ncccc21. The summed E-state index contributed by atoms with van der Waals surface area (Å²) in [5, 5.41) is 0. The Labute approximate surface area is 269 Å². The van der Waals surface area contributed by atoms with Crippen molar-refractivity contribution in [2.45, 2.75) is 17.8 Å². The van der Waals surface area contributed by atoms with Crippen LogP contribution in [0.4, 0.5) is 17.1 Å². The quantitative estimate of drug-likeness (QED) is 0.205. The molecular weight excluding hydrogens is 558 g/mol. The molecule has 2 aromatic heterocycles. The van der Waals surface area contributed by atoms with Crippen LogP contribution >= 0.6 is 0 Å². The van der Waals surface area contributed by atoms with Gasteiger partial charge in [0.25, 0.3) is 0 Å². The molecule has 7 aromatic rings. The maximum absolute atomic E-state index is 4.85. The normalized spacial score (nSPS) is 14.9. The first-order valence-corrected chi connectivity index (χ1v) is 15.8. The van der Waals surface area contributed by atoms with E-state index in [1.807, 2.05) is 24.5 Å². The van der Waals surface area contributed by atoms with Gasteiger partial charge in [0.1, 0.15) is 0 Å². The second kappa shape index (κ2) is 10.1. The second-order valence-electron chi connectivity index (χ2n) is 12.3. The first kappa shape index (κ1) is 26.6. The van der Waals surface area contributed by atoms with E-state index in [1.165, 1.54) is 50.3 Å². The summed E-state index contributed by atoms with van der Waals surface area (Å²) in [5.74, 6) is 0. The van der Waals surface area contributed by atoms with Gasteiger partial charge in [-0.15, -0.1) is 0 Å². The van der Waals surface area contributed by atoms with Crippen LogP contribution in [0.2, 0.25) is 0 Å². The topological polar surface area (TPSA) is 29.0 Å². The van der Waals surface area contributed by atoms with E-state index in [0.29, 0.717) is 0 Å². The third-order valence-corrected chi connectivity index (χ3v) is 10.1. The highest BCUT2D eigenvalue weighted by Gasteiger charge is 2.48. The van der Waals surface area contributed by atoms with Crippen molar-refractivity contribution in [1.82, 2.24) is 9.97 Å². The van der Waals surface area contributed by atoms with E-state index in [0.717, 1.165) is 17.1 Å². The molecule has 3 heterocycles. The van der Waals surface area contributed by atoms with Crippen molar-refractivity contribution in [3.05, 3.63) is 209 Å². The first-order chi connectivity index (χ1) is 22.7. The minimum Gasteiger partial charge on any atom is -0.310 e. The van der Waals surface area contributed by atoms with Crippen LogP contribution in [-0.4, -0.2) is 9.97 Å². The smallest absolute Gasteiger partial charge is 0.0933 e. The van der Waals surface area contributed by atoms with Crippen LogP contribution in [0.5, 0.6) is 0 Å². The van der Waals surface area contributed by atoms with Gasteiger partial charge in [-0.1, -0.05) is 127 Å². The maximum atomic E-state index is 4.85. The molecule has 0 atom stereocenters. The molecule has 0 spiro atoms. The van der Waals surface area contributed by atoms with E-state index in [9.17, 15) is 0 Å². The summed E-state index contributed by atoms with van der Waals surface area (Å²) in [6, 6.07) is 57.2. The first-order valence-electron chi connectivity index (χ1n) is 15.8. The molecular formula is C43H31N3. The molecule has 1 aliphatic heterocycles. The van der Waals surface area contributed by atoms with Crippen molar-refractivity contribution in [3.8, 4) is 11.4 Å². The van der Waals surface area contributed by atoms with E-state index >= 15 is 0 Å². The molecule has 0 fully saturated rings. The van der Waals surface area contributed by atoms with Crippen LogP contribution in [-0.2, 0) is 10.8 Å². The monoisotopic (exact) mass is 589 g/mol. The van der Waals surface area contributed by atoms with Crippen molar-refractivity contribution in [1.29, 1.82) is 0 Å². The average Bonchev–Trinajstić information content (AvgIpc) is 3.40. The number of pyridine rings is 2. The number of hydrogen-bond donors (Lipinski definition) is 0. The fourth-order valence-electron chi connectivity index (χ4n) is 8.19. The van der Waals surface area contributed by atoms with Crippen LogP contribution in [0, 0.1) is 0 Å². The number of hydrogen-bond acceptors (Lipinski definition) is 3. The molecule has 9 rings (SSSR count). The number of fused-ring (bicyclic) bond motifs is 5. The molecule has 0 bridgehead atoms. The highest BCUT2D eigenvalue weighted by atomic mass is 15.2. The highest BCUT2D eigenvalue weighted by Crippen LogP contribution is 2.60. The summed E-state index contributed by atoms with van der Waals surface area (Å²) in [4.78, 5) is 12.2. The standard InChI is InChI=1S/C43H31N3/c1-42(35-23-14-28-44-40(35)41-36(42)24-15-29-45-41)32-20-8-11-25-37(32)46-38-26-12-9-21-33(38)43(30-16-4-2-5-17-30,31-18-6-3-7-19-31)34-22-10-13-27-39(34)46/h2-29H,1H3. The van der Waals surface area contributed by atoms with Crippen molar-refractivity contribution in [2.24, 2.45) is 0 Å². The van der Waals surface area contributed by atoms with E-state index in [2.05, 4.69) is 157 Å². The lowest BCUT2D eigenvalue weighted by Gasteiger charge is -2.47. The number of benzene rings is 5. The summed E-state index contributed by atoms with van der Waals surface area (Å²) in [5.41, 5.74) is 13.0.